The molecule has 0 saturated carbocycles. The van der Waals surface area contributed by atoms with Crippen LogP contribution in [0.4, 0.5) is 26.3 Å². The van der Waals surface area contributed by atoms with Crippen LogP contribution in [-0.2, 0) is 9.47 Å². The Bertz CT molecular complexity index is 204. The minimum Gasteiger partial charge on any atom is -0.383 e. The van der Waals surface area contributed by atoms with Gasteiger partial charge in [0.1, 0.15) is 0 Å². The summed E-state index contributed by atoms with van der Waals surface area (Å²) >= 11 is 0. The van der Waals surface area contributed by atoms with Crippen LogP contribution in [0.2, 0.25) is 0 Å². The first kappa shape index (κ1) is 17.5. The molecule has 0 saturated heterocycles. The van der Waals surface area contributed by atoms with Gasteiger partial charge in [-0.25, -0.2) is 0 Å². The topological polar surface area (TPSA) is 30.5 Å². The van der Waals surface area contributed by atoms with Gasteiger partial charge in [0.25, 0.3) is 0 Å². The van der Waals surface area contributed by atoms with Gasteiger partial charge in [-0.3, -0.25) is 0 Å². The van der Waals surface area contributed by atoms with E-state index in [0.717, 1.165) is 0 Å². The first-order valence-electron chi connectivity index (χ1n) is 5.14. The number of halogens is 6. The van der Waals surface area contributed by atoms with Crippen LogP contribution in [0.1, 0.15) is 6.42 Å². The van der Waals surface area contributed by atoms with Crippen molar-refractivity contribution < 1.29 is 35.8 Å². The van der Waals surface area contributed by atoms with Crippen LogP contribution in [0, 0.1) is 0 Å². The van der Waals surface area contributed by atoms with E-state index in [-0.39, 0.29) is 13.0 Å². The highest BCUT2D eigenvalue weighted by Gasteiger charge is 2.57. The Morgan fingerprint density at radius 3 is 1.94 bits per heavy atom. The fourth-order valence-corrected chi connectivity index (χ4v) is 1.07. The van der Waals surface area contributed by atoms with Crippen LogP contribution < -0.4 is 5.32 Å². The smallest absolute Gasteiger partial charge is 0.383 e. The largest absolute Gasteiger partial charge is 0.423 e. The molecular formula is C9H15F6NO2. The Labute approximate surface area is 100 Å². The van der Waals surface area contributed by atoms with Crippen molar-refractivity contribution in [3.05, 3.63) is 0 Å². The molecule has 0 bridgehead atoms. The molecule has 1 N–H and O–H groups in total. The fourth-order valence-electron chi connectivity index (χ4n) is 1.07. The highest BCUT2D eigenvalue weighted by atomic mass is 19.4. The lowest BCUT2D eigenvalue weighted by molar-refractivity contribution is -0.321. The third-order valence-corrected chi connectivity index (χ3v) is 1.86. The molecule has 0 radical (unpaired) electrons. The average Bonchev–Trinajstić information content (AvgIpc) is 2.18. The third-order valence-electron chi connectivity index (χ3n) is 1.86. The van der Waals surface area contributed by atoms with Crippen LogP contribution in [-0.4, -0.2) is 51.9 Å². The van der Waals surface area contributed by atoms with Gasteiger partial charge in [-0.2, -0.15) is 26.3 Å². The monoisotopic (exact) mass is 283 g/mol. The molecule has 0 atom stereocenters. The number of hydrogen-bond acceptors (Lipinski definition) is 3. The molecule has 0 heterocycles. The molecule has 3 nitrogen and oxygen atoms in total. The highest BCUT2D eigenvalue weighted by molar-refractivity contribution is 4.75. The predicted octanol–water partition coefficient (Wildman–Crippen LogP) is 2.12. The van der Waals surface area contributed by atoms with Crippen LogP contribution in [0.5, 0.6) is 0 Å². The average molecular weight is 283 g/mol. The SMILES string of the molecule is COCCNCCCOC(C(F)(F)F)C(F)(F)F. The summed E-state index contributed by atoms with van der Waals surface area (Å²) < 4.78 is 80.6. The van der Waals surface area contributed by atoms with Crippen molar-refractivity contribution in [1.82, 2.24) is 5.32 Å². The summed E-state index contributed by atoms with van der Waals surface area (Å²) in [5.41, 5.74) is 0. The van der Waals surface area contributed by atoms with Crippen molar-refractivity contribution >= 4 is 0 Å². The summed E-state index contributed by atoms with van der Waals surface area (Å²) in [6.07, 6.45) is -14.6. The second-order valence-corrected chi connectivity index (χ2v) is 3.43. The van der Waals surface area contributed by atoms with Gasteiger partial charge in [-0.05, 0) is 13.0 Å². The summed E-state index contributed by atoms with van der Waals surface area (Å²) in [5.74, 6) is 0. The zero-order valence-corrected chi connectivity index (χ0v) is 9.70. The van der Waals surface area contributed by atoms with Crippen LogP contribution >= 0.6 is 0 Å². The van der Waals surface area contributed by atoms with E-state index in [0.29, 0.717) is 13.2 Å². The van der Waals surface area contributed by atoms with Gasteiger partial charge in [0.2, 0.25) is 6.10 Å². The van der Waals surface area contributed by atoms with E-state index in [1.165, 1.54) is 7.11 Å². The molecule has 0 spiro atoms. The lowest BCUT2D eigenvalue weighted by Crippen LogP contribution is -2.44. The second kappa shape index (κ2) is 7.80. The summed E-state index contributed by atoms with van der Waals surface area (Å²) in [4.78, 5) is 0. The molecule has 0 aliphatic heterocycles. The Morgan fingerprint density at radius 2 is 1.50 bits per heavy atom. The Balaban J connectivity index is 3.86. The number of methoxy groups -OCH3 is 1. The molecule has 0 unspecified atom stereocenters. The van der Waals surface area contributed by atoms with E-state index in [1.807, 2.05) is 0 Å². The first-order valence-corrected chi connectivity index (χ1v) is 5.14. The Kier molecular flexibility index (Phi) is 7.56. The van der Waals surface area contributed by atoms with Crippen molar-refractivity contribution in [3.63, 3.8) is 0 Å². The zero-order valence-electron chi connectivity index (χ0n) is 9.70. The quantitative estimate of drug-likeness (QED) is 0.547. The van der Waals surface area contributed by atoms with Crippen LogP contribution in [0.25, 0.3) is 0 Å². The fraction of sp³-hybridized carbons (Fsp3) is 1.00. The zero-order chi connectivity index (χ0) is 14.2. The van der Waals surface area contributed by atoms with Crippen molar-refractivity contribution in [2.45, 2.75) is 24.9 Å². The number of alkyl halides is 6. The Morgan fingerprint density at radius 1 is 0.944 bits per heavy atom. The van der Waals surface area contributed by atoms with E-state index in [2.05, 4.69) is 14.8 Å². The normalized spacial score (nSPS) is 13.3. The van der Waals surface area contributed by atoms with Crippen molar-refractivity contribution in [2.75, 3.05) is 33.4 Å². The van der Waals surface area contributed by atoms with Crippen LogP contribution in [0.15, 0.2) is 0 Å². The van der Waals surface area contributed by atoms with Gasteiger partial charge in [0, 0.05) is 20.3 Å². The van der Waals surface area contributed by atoms with Gasteiger partial charge in [-0.15, -0.1) is 0 Å². The van der Waals surface area contributed by atoms with Crippen molar-refractivity contribution in [1.29, 1.82) is 0 Å². The van der Waals surface area contributed by atoms with E-state index in [9.17, 15) is 26.3 Å². The minimum absolute atomic E-state index is 0.0480. The molecule has 18 heavy (non-hydrogen) atoms. The molecule has 0 fully saturated rings. The summed E-state index contributed by atoms with van der Waals surface area (Å²) in [7, 11) is 1.47. The van der Waals surface area contributed by atoms with Crippen molar-refractivity contribution in [3.8, 4) is 0 Å². The van der Waals surface area contributed by atoms with Crippen LogP contribution in [0.3, 0.4) is 0 Å². The summed E-state index contributed by atoms with van der Waals surface area (Å²) in [6, 6.07) is 0. The van der Waals surface area contributed by atoms with E-state index in [1.54, 1.807) is 0 Å². The molecule has 0 aromatic carbocycles. The maximum Gasteiger partial charge on any atom is 0.423 e. The van der Waals surface area contributed by atoms with Gasteiger partial charge in [0.05, 0.1) is 6.61 Å². The lowest BCUT2D eigenvalue weighted by Gasteiger charge is -2.23. The molecule has 0 aromatic rings. The molecular weight excluding hydrogens is 268 g/mol. The third kappa shape index (κ3) is 7.72. The van der Waals surface area contributed by atoms with E-state index in [4.69, 9.17) is 0 Å². The first-order chi connectivity index (χ1) is 8.19. The minimum atomic E-state index is -5.44. The maximum atomic E-state index is 12.0. The lowest BCUT2D eigenvalue weighted by atomic mass is 10.3. The van der Waals surface area contributed by atoms with Gasteiger partial charge >= 0.3 is 12.4 Å². The van der Waals surface area contributed by atoms with Gasteiger partial charge in [-0.1, -0.05) is 0 Å². The molecule has 0 aliphatic carbocycles. The van der Waals surface area contributed by atoms with E-state index >= 15 is 0 Å². The summed E-state index contributed by atoms with van der Waals surface area (Å²) in [6.45, 7) is 0.516. The molecule has 0 rings (SSSR count). The molecule has 0 amide bonds. The summed E-state index contributed by atoms with van der Waals surface area (Å²) in [5, 5.41) is 2.77. The molecule has 0 aromatic heterocycles. The number of ether oxygens (including phenoxy) is 2. The maximum absolute atomic E-state index is 12.0. The molecule has 0 aliphatic rings. The number of nitrogens with one attached hydrogen (secondary N) is 1. The Hall–Kier alpha value is -0.540. The second-order valence-electron chi connectivity index (χ2n) is 3.43. The molecule has 110 valence electrons. The molecule has 9 heteroatoms. The number of rotatable bonds is 8. The van der Waals surface area contributed by atoms with Crippen molar-refractivity contribution in [2.24, 2.45) is 0 Å². The number of hydrogen-bond donors (Lipinski definition) is 1. The van der Waals surface area contributed by atoms with E-state index < -0.39 is 25.1 Å². The van der Waals surface area contributed by atoms with Gasteiger partial charge in [0.15, 0.2) is 0 Å². The standard InChI is InChI=1S/C9H15F6NO2/c1-17-6-4-16-3-2-5-18-7(8(10,11)12)9(13,14)15/h7,16H,2-6H2,1H3. The highest BCUT2D eigenvalue weighted by Crippen LogP contribution is 2.35. The predicted molar refractivity (Wildman–Crippen MR) is 51.2 cm³/mol. The van der Waals surface area contributed by atoms with Gasteiger partial charge < -0.3 is 14.8 Å².